The zero-order chi connectivity index (χ0) is 22.8. The molecule has 162 valence electrons. The Balaban J connectivity index is 1.92. The van der Waals surface area contributed by atoms with Crippen LogP contribution >= 0.6 is 0 Å². The molecule has 0 aliphatic carbocycles. The van der Waals surface area contributed by atoms with E-state index in [9.17, 15) is 13.2 Å². The summed E-state index contributed by atoms with van der Waals surface area (Å²) in [5.41, 5.74) is 4.59. The second kappa shape index (κ2) is 8.94. The van der Waals surface area contributed by atoms with E-state index in [0.29, 0.717) is 5.69 Å². The van der Waals surface area contributed by atoms with Crippen molar-refractivity contribution in [2.24, 2.45) is 0 Å². The van der Waals surface area contributed by atoms with Crippen molar-refractivity contribution in [3.05, 3.63) is 89.0 Å². The van der Waals surface area contributed by atoms with Crippen LogP contribution in [0.1, 0.15) is 46.8 Å². The van der Waals surface area contributed by atoms with Gasteiger partial charge in [0.1, 0.15) is 0 Å². The van der Waals surface area contributed by atoms with Crippen molar-refractivity contribution in [2.45, 2.75) is 38.5 Å². The third kappa shape index (κ3) is 4.80. The molecule has 0 fully saturated rings. The largest absolute Gasteiger partial charge is 0.321 e. The van der Waals surface area contributed by atoms with E-state index >= 15 is 0 Å². The van der Waals surface area contributed by atoms with Crippen molar-refractivity contribution in [3.8, 4) is 0 Å². The monoisotopic (exact) mass is 436 g/mol. The van der Waals surface area contributed by atoms with Crippen LogP contribution in [0, 0.1) is 13.8 Å². The third-order valence-corrected chi connectivity index (χ3v) is 7.07. The molecular weight excluding hydrogens is 408 g/mol. The lowest BCUT2D eigenvalue weighted by Gasteiger charge is -2.20. The number of nitrogens with one attached hydrogen (secondary N) is 1. The highest BCUT2D eigenvalue weighted by Crippen LogP contribution is 2.28. The Morgan fingerprint density at radius 3 is 2.29 bits per heavy atom. The van der Waals surface area contributed by atoms with Crippen molar-refractivity contribution in [2.75, 3.05) is 16.7 Å². The van der Waals surface area contributed by atoms with Crippen LogP contribution in [0.5, 0.6) is 0 Å². The third-order valence-electron chi connectivity index (χ3n) is 5.29. The van der Waals surface area contributed by atoms with Crippen LogP contribution in [-0.2, 0) is 10.0 Å². The summed E-state index contributed by atoms with van der Waals surface area (Å²) in [6, 6.07) is 19.3. The first-order chi connectivity index (χ1) is 14.6. The first kappa shape index (κ1) is 22.6. The molecule has 0 unspecified atom stereocenters. The zero-order valence-corrected chi connectivity index (χ0v) is 19.3. The first-order valence-electron chi connectivity index (χ1n) is 10.2. The van der Waals surface area contributed by atoms with Gasteiger partial charge in [-0.2, -0.15) is 0 Å². The lowest BCUT2D eigenvalue weighted by atomic mass is 9.98. The molecule has 0 heterocycles. The van der Waals surface area contributed by atoms with Crippen molar-refractivity contribution < 1.29 is 13.2 Å². The van der Waals surface area contributed by atoms with E-state index in [-0.39, 0.29) is 22.3 Å². The Labute approximate surface area is 184 Å². The summed E-state index contributed by atoms with van der Waals surface area (Å²) < 4.78 is 27.6. The van der Waals surface area contributed by atoms with Crippen molar-refractivity contribution in [3.63, 3.8) is 0 Å². The van der Waals surface area contributed by atoms with Crippen molar-refractivity contribution in [1.82, 2.24) is 0 Å². The predicted octanol–water partition coefficient (Wildman–Crippen LogP) is 5.50. The summed E-state index contributed by atoms with van der Waals surface area (Å²) in [5, 5.41) is 2.98. The molecule has 1 N–H and O–H groups in total. The number of para-hydroxylation sites is 1. The van der Waals surface area contributed by atoms with Gasteiger partial charge >= 0.3 is 0 Å². The van der Waals surface area contributed by atoms with E-state index in [1.807, 2.05) is 44.2 Å². The molecule has 3 rings (SSSR count). The van der Waals surface area contributed by atoms with Crippen molar-refractivity contribution >= 4 is 27.3 Å². The predicted molar refractivity (Wildman–Crippen MR) is 126 cm³/mol. The van der Waals surface area contributed by atoms with E-state index < -0.39 is 10.0 Å². The van der Waals surface area contributed by atoms with E-state index in [2.05, 4.69) is 19.2 Å². The number of hydrogen-bond donors (Lipinski definition) is 1. The van der Waals surface area contributed by atoms with Gasteiger partial charge < -0.3 is 5.32 Å². The van der Waals surface area contributed by atoms with E-state index in [1.54, 1.807) is 24.3 Å². The molecule has 0 aromatic heterocycles. The van der Waals surface area contributed by atoms with Crippen LogP contribution in [0.15, 0.2) is 71.6 Å². The van der Waals surface area contributed by atoms with Gasteiger partial charge in [0.05, 0.1) is 10.6 Å². The first-order valence-corrected chi connectivity index (χ1v) is 11.6. The summed E-state index contributed by atoms with van der Waals surface area (Å²) in [5.74, 6) is -0.101. The summed E-state index contributed by atoms with van der Waals surface area (Å²) in [4.78, 5) is 13.1. The van der Waals surface area contributed by atoms with Crippen LogP contribution in [0.4, 0.5) is 11.4 Å². The Kier molecular flexibility index (Phi) is 6.51. The number of rotatable bonds is 6. The molecule has 3 aromatic carbocycles. The number of nitrogens with zero attached hydrogens (tertiary/aromatic N) is 1. The Hall–Kier alpha value is -3.12. The van der Waals surface area contributed by atoms with Crippen LogP contribution in [-0.4, -0.2) is 21.4 Å². The number of carbonyl (C=O) groups excluding carboxylic acids is 1. The normalized spacial score (nSPS) is 11.4. The van der Waals surface area contributed by atoms with E-state index in [0.717, 1.165) is 22.4 Å². The smallest absolute Gasteiger partial charge is 0.264 e. The minimum absolute atomic E-state index is 0.0676. The molecule has 6 heteroatoms. The molecule has 0 spiro atoms. The topological polar surface area (TPSA) is 66.5 Å². The number of amides is 1. The molecule has 0 atom stereocenters. The molecule has 0 aliphatic heterocycles. The van der Waals surface area contributed by atoms with Gasteiger partial charge in [-0.3, -0.25) is 9.10 Å². The Morgan fingerprint density at radius 1 is 0.935 bits per heavy atom. The maximum atomic E-state index is 13.2. The fourth-order valence-electron chi connectivity index (χ4n) is 3.45. The second-order valence-electron chi connectivity index (χ2n) is 7.99. The minimum Gasteiger partial charge on any atom is -0.321 e. The number of sulfonamides is 1. The standard InChI is InChI=1S/C25H28N2O3S/c1-17(2)23-14-7-10-19(4)24(23)26-25(28)20-11-8-13-22(16-20)31(29,30)27(5)21-12-6-9-18(3)15-21/h6-17H,1-5H3,(H,26,28). The summed E-state index contributed by atoms with van der Waals surface area (Å²) in [6.45, 7) is 7.99. The average molecular weight is 437 g/mol. The average Bonchev–Trinajstić information content (AvgIpc) is 2.74. The van der Waals surface area contributed by atoms with Crippen LogP contribution < -0.4 is 9.62 Å². The van der Waals surface area contributed by atoms with Gasteiger partial charge in [0.25, 0.3) is 15.9 Å². The second-order valence-corrected chi connectivity index (χ2v) is 9.96. The molecule has 5 nitrogen and oxygen atoms in total. The quantitative estimate of drug-likeness (QED) is 0.554. The molecular formula is C25H28N2O3S. The number of anilines is 2. The van der Waals surface area contributed by atoms with E-state index in [4.69, 9.17) is 0 Å². The van der Waals surface area contributed by atoms with Crippen LogP contribution in [0.25, 0.3) is 0 Å². The highest BCUT2D eigenvalue weighted by molar-refractivity contribution is 7.92. The van der Waals surface area contributed by atoms with Gasteiger partial charge in [0, 0.05) is 18.3 Å². The molecule has 31 heavy (non-hydrogen) atoms. The maximum Gasteiger partial charge on any atom is 0.264 e. The fourth-order valence-corrected chi connectivity index (χ4v) is 4.68. The van der Waals surface area contributed by atoms with Crippen LogP contribution in [0.2, 0.25) is 0 Å². The summed E-state index contributed by atoms with van der Waals surface area (Å²) >= 11 is 0. The summed E-state index contributed by atoms with van der Waals surface area (Å²) in [7, 11) is -2.30. The minimum atomic E-state index is -3.81. The number of benzene rings is 3. The lowest BCUT2D eigenvalue weighted by molar-refractivity contribution is 0.102. The molecule has 0 saturated heterocycles. The number of aryl methyl sites for hydroxylation is 2. The van der Waals surface area contributed by atoms with E-state index in [1.165, 1.54) is 23.5 Å². The van der Waals surface area contributed by atoms with Crippen LogP contribution in [0.3, 0.4) is 0 Å². The van der Waals surface area contributed by atoms with Gasteiger partial charge in [0.15, 0.2) is 0 Å². The lowest BCUT2D eigenvalue weighted by Crippen LogP contribution is -2.27. The molecule has 3 aromatic rings. The highest BCUT2D eigenvalue weighted by atomic mass is 32.2. The fraction of sp³-hybridized carbons (Fsp3) is 0.240. The Bertz CT molecular complexity index is 1220. The van der Waals surface area contributed by atoms with Gasteiger partial charge in [-0.25, -0.2) is 8.42 Å². The SMILES string of the molecule is Cc1cccc(N(C)S(=O)(=O)c2cccc(C(=O)Nc3c(C)cccc3C(C)C)c2)c1. The zero-order valence-electron chi connectivity index (χ0n) is 18.5. The number of hydrogen-bond acceptors (Lipinski definition) is 3. The molecule has 0 bridgehead atoms. The van der Waals surface area contributed by atoms with Gasteiger partial charge in [-0.1, -0.05) is 50.2 Å². The van der Waals surface area contributed by atoms with Gasteiger partial charge in [-0.05, 0) is 66.8 Å². The summed E-state index contributed by atoms with van der Waals surface area (Å²) in [6.07, 6.45) is 0. The number of carbonyl (C=O) groups is 1. The maximum absolute atomic E-state index is 13.2. The highest BCUT2D eigenvalue weighted by Gasteiger charge is 2.23. The van der Waals surface area contributed by atoms with Gasteiger partial charge in [0.2, 0.25) is 0 Å². The van der Waals surface area contributed by atoms with Gasteiger partial charge in [-0.15, -0.1) is 0 Å². The molecule has 0 saturated carbocycles. The Morgan fingerprint density at radius 2 is 1.61 bits per heavy atom. The molecule has 0 aliphatic rings. The molecule has 1 amide bonds. The van der Waals surface area contributed by atoms with Crippen molar-refractivity contribution in [1.29, 1.82) is 0 Å². The molecule has 0 radical (unpaired) electrons.